The molecule has 2 aromatic rings. The number of H-pyrrole nitrogens is 1. The highest BCUT2D eigenvalue weighted by Crippen LogP contribution is 2.32. The van der Waals surface area contributed by atoms with Crippen LogP contribution in [0, 0.1) is 6.92 Å². The number of aromatic amines is 1. The SMILES string of the molecule is COc1cc(/C=N/NC(=O)c2cn[nH]n2)cc(N2CCN(C(C)C(F)(F)F)CC2)c1C. The summed E-state index contributed by atoms with van der Waals surface area (Å²) in [4.78, 5) is 15.3. The quantitative estimate of drug-likeness (QED) is 0.528. The van der Waals surface area contributed by atoms with Crippen LogP contribution in [0.15, 0.2) is 23.4 Å². The van der Waals surface area contributed by atoms with Crippen molar-refractivity contribution in [3.05, 3.63) is 35.2 Å². The summed E-state index contributed by atoms with van der Waals surface area (Å²) in [6.45, 7) is 4.59. The van der Waals surface area contributed by atoms with Crippen molar-refractivity contribution in [2.45, 2.75) is 26.1 Å². The van der Waals surface area contributed by atoms with Gasteiger partial charge in [0.1, 0.15) is 11.8 Å². The summed E-state index contributed by atoms with van der Waals surface area (Å²) in [7, 11) is 1.54. The van der Waals surface area contributed by atoms with Crippen LogP contribution in [0.2, 0.25) is 0 Å². The minimum Gasteiger partial charge on any atom is -0.496 e. The number of carbonyl (C=O) groups is 1. The number of anilines is 1. The molecule has 1 saturated heterocycles. The molecule has 2 heterocycles. The van der Waals surface area contributed by atoms with Crippen LogP contribution < -0.4 is 15.1 Å². The normalized spacial score (nSPS) is 16.5. The van der Waals surface area contributed by atoms with Crippen molar-refractivity contribution in [3.8, 4) is 5.75 Å². The monoisotopic (exact) mass is 439 g/mol. The molecule has 1 aromatic heterocycles. The van der Waals surface area contributed by atoms with E-state index in [0.29, 0.717) is 37.5 Å². The Balaban J connectivity index is 1.72. The van der Waals surface area contributed by atoms with Gasteiger partial charge >= 0.3 is 6.18 Å². The van der Waals surface area contributed by atoms with Gasteiger partial charge in [-0.25, -0.2) is 5.43 Å². The van der Waals surface area contributed by atoms with Gasteiger partial charge in [0, 0.05) is 43.0 Å². The number of piperazine rings is 1. The second kappa shape index (κ2) is 9.33. The third kappa shape index (κ3) is 5.32. The van der Waals surface area contributed by atoms with E-state index in [2.05, 4.69) is 25.9 Å². The van der Waals surface area contributed by atoms with Crippen molar-refractivity contribution in [3.63, 3.8) is 0 Å². The molecule has 1 amide bonds. The van der Waals surface area contributed by atoms with Gasteiger partial charge < -0.3 is 9.64 Å². The van der Waals surface area contributed by atoms with E-state index in [-0.39, 0.29) is 5.69 Å². The van der Waals surface area contributed by atoms with Crippen LogP contribution in [0.5, 0.6) is 5.75 Å². The number of carbonyl (C=O) groups excluding carboxylic acids is 1. The molecule has 1 aromatic carbocycles. The van der Waals surface area contributed by atoms with E-state index in [4.69, 9.17) is 4.74 Å². The van der Waals surface area contributed by atoms with Crippen LogP contribution in [-0.4, -0.2) is 77.9 Å². The minimum absolute atomic E-state index is 0.102. The van der Waals surface area contributed by atoms with Crippen LogP contribution in [0.1, 0.15) is 28.5 Å². The molecule has 3 rings (SSSR count). The summed E-state index contributed by atoms with van der Waals surface area (Å²) < 4.78 is 44.5. The lowest BCUT2D eigenvalue weighted by Gasteiger charge is -2.40. The number of alkyl halides is 3. The second-order valence-corrected chi connectivity index (χ2v) is 7.16. The van der Waals surface area contributed by atoms with E-state index >= 15 is 0 Å². The average molecular weight is 439 g/mol. The number of hydrazone groups is 1. The maximum Gasteiger partial charge on any atom is 0.403 e. The lowest BCUT2D eigenvalue weighted by Crippen LogP contribution is -2.53. The van der Waals surface area contributed by atoms with Gasteiger partial charge in [-0.3, -0.25) is 9.69 Å². The first kappa shape index (κ1) is 22.5. The van der Waals surface area contributed by atoms with Crippen LogP contribution in [0.25, 0.3) is 0 Å². The Morgan fingerprint density at radius 3 is 2.61 bits per heavy atom. The molecular weight excluding hydrogens is 415 g/mol. The Hall–Kier alpha value is -3.15. The molecule has 1 aliphatic heterocycles. The molecule has 1 fully saturated rings. The van der Waals surface area contributed by atoms with Gasteiger partial charge in [0.25, 0.3) is 5.91 Å². The molecule has 31 heavy (non-hydrogen) atoms. The number of ether oxygens (including phenoxy) is 1. The molecule has 9 nitrogen and oxygen atoms in total. The number of benzene rings is 1. The van der Waals surface area contributed by atoms with Gasteiger partial charge in [0.15, 0.2) is 5.69 Å². The Labute approximate surface area is 177 Å². The first-order valence-electron chi connectivity index (χ1n) is 9.64. The first-order chi connectivity index (χ1) is 14.7. The van der Waals surface area contributed by atoms with Gasteiger partial charge in [-0.2, -0.15) is 33.7 Å². The number of aromatic nitrogens is 3. The van der Waals surface area contributed by atoms with Gasteiger partial charge in [0.05, 0.1) is 19.5 Å². The average Bonchev–Trinajstić information content (AvgIpc) is 3.28. The number of nitrogens with one attached hydrogen (secondary N) is 2. The molecule has 0 spiro atoms. The fraction of sp³-hybridized carbons (Fsp3) is 0.474. The van der Waals surface area contributed by atoms with Crippen LogP contribution in [-0.2, 0) is 0 Å². The Kier molecular flexibility index (Phi) is 6.78. The van der Waals surface area contributed by atoms with Gasteiger partial charge in [-0.1, -0.05) is 0 Å². The molecular formula is C19H24F3N7O2. The van der Waals surface area contributed by atoms with Gasteiger partial charge in [0.2, 0.25) is 0 Å². The topological polar surface area (TPSA) is 98.7 Å². The zero-order valence-corrected chi connectivity index (χ0v) is 17.4. The smallest absolute Gasteiger partial charge is 0.403 e. The van der Waals surface area contributed by atoms with Gasteiger partial charge in [-0.15, -0.1) is 0 Å². The molecule has 0 aliphatic carbocycles. The van der Waals surface area contributed by atoms with Crippen molar-refractivity contribution < 1.29 is 22.7 Å². The highest BCUT2D eigenvalue weighted by molar-refractivity contribution is 5.93. The lowest BCUT2D eigenvalue weighted by molar-refractivity contribution is -0.179. The van der Waals surface area contributed by atoms with Crippen molar-refractivity contribution in [1.82, 2.24) is 25.7 Å². The number of hydrogen-bond donors (Lipinski definition) is 2. The summed E-state index contributed by atoms with van der Waals surface area (Å²) in [5.74, 6) is 0.104. The highest BCUT2D eigenvalue weighted by atomic mass is 19.4. The first-order valence-corrected chi connectivity index (χ1v) is 9.64. The number of amides is 1. The molecule has 1 aliphatic rings. The van der Waals surface area contributed by atoms with Gasteiger partial charge in [-0.05, 0) is 26.0 Å². The standard InChI is InChI=1S/C19H24F3N7O2/c1-12-16(29-6-4-28(5-7-29)13(2)19(20,21)22)8-14(9-17(12)31-3)10-23-26-18(30)15-11-24-27-25-15/h8-11,13H,4-7H2,1-3H3,(H,26,30)(H,24,25,27)/b23-10+. The Morgan fingerprint density at radius 1 is 1.32 bits per heavy atom. The third-order valence-electron chi connectivity index (χ3n) is 5.28. The Morgan fingerprint density at radius 2 is 2.03 bits per heavy atom. The third-order valence-corrected chi connectivity index (χ3v) is 5.28. The molecule has 12 heteroatoms. The molecule has 0 radical (unpaired) electrons. The number of methoxy groups -OCH3 is 1. The van der Waals surface area contributed by atoms with E-state index < -0.39 is 18.1 Å². The van der Waals surface area contributed by atoms with E-state index in [1.807, 2.05) is 17.9 Å². The molecule has 1 atom stereocenters. The van der Waals surface area contributed by atoms with Crippen molar-refractivity contribution >= 4 is 17.8 Å². The largest absolute Gasteiger partial charge is 0.496 e. The van der Waals surface area contributed by atoms with E-state index in [0.717, 1.165) is 11.3 Å². The van der Waals surface area contributed by atoms with E-state index in [1.165, 1.54) is 24.2 Å². The fourth-order valence-electron chi connectivity index (χ4n) is 3.40. The molecule has 168 valence electrons. The maximum atomic E-state index is 13.0. The second-order valence-electron chi connectivity index (χ2n) is 7.16. The number of rotatable bonds is 6. The fourth-order valence-corrected chi connectivity index (χ4v) is 3.40. The Bertz CT molecular complexity index is 923. The van der Waals surface area contributed by atoms with Crippen molar-refractivity contribution in [2.75, 3.05) is 38.2 Å². The maximum absolute atomic E-state index is 13.0. The summed E-state index contributed by atoms with van der Waals surface area (Å²) in [5, 5.41) is 13.5. The van der Waals surface area contributed by atoms with Crippen LogP contribution in [0.4, 0.5) is 18.9 Å². The number of halogens is 3. The van der Waals surface area contributed by atoms with Crippen LogP contribution in [0.3, 0.4) is 0 Å². The van der Waals surface area contributed by atoms with Crippen molar-refractivity contribution in [2.24, 2.45) is 5.10 Å². The molecule has 0 saturated carbocycles. The van der Waals surface area contributed by atoms with Crippen LogP contribution >= 0.6 is 0 Å². The van der Waals surface area contributed by atoms with Crippen molar-refractivity contribution in [1.29, 1.82) is 0 Å². The molecule has 2 N–H and O–H groups in total. The predicted octanol–water partition coefficient (Wildman–Crippen LogP) is 1.96. The summed E-state index contributed by atoms with van der Waals surface area (Å²) >= 11 is 0. The molecule has 1 unspecified atom stereocenters. The summed E-state index contributed by atoms with van der Waals surface area (Å²) in [6, 6.07) is 2.16. The summed E-state index contributed by atoms with van der Waals surface area (Å²) in [5.41, 5.74) is 4.86. The van der Waals surface area contributed by atoms with E-state index in [9.17, 15) is 18.0 Å². The highest BCUT2D eigenvalue weighted by Gasteiger charge is 2.40. The predicted molar refractivity (Wildman–Crippen MR) is 108 cm³/mol. The lowest BCUT2D eigenvalue weighted by atomic mass is 10.1. The van der Waals surface area contributed by atoms with E-state index in [1.54, 1.807) is 13.2 Å². The number of hydrogen-bond acceptors (Lipinski definition) is 7. The molecule has 0 bridgehead atoms. The summed E-state index contributed by atoms with van der Waals surface area (Å²) in [6.07, 6.45) is -1.50. The zero-order valence-electron chi connectivity index (χ0n) is 17.4. The minimum atomic E-state index is -4.24. The number of nitrogens with zero attached hydrogens (tertiary/aromatic N) is 5. The zero-order chi connectivity index (χ0) is 22.6.